The van der Waals surface area contributed by atoms with Crippen molar-refractivity contribution in [3.8, 4) is 0 Å². The van der Waals surface area contributed by atoms with Crippen LogP contribution in [-0.2, 0) is 4.79 Å². The average molecular weight is 451 g/mol. The van der Waals surface area contributed by atoms with Crippen LogP contribution in [-0.4, -0.2) is 53.9 Å². The van der Waals surface area contributed by atoms with Gasteiger partial charge in [0.05, 0.1) is 4.92 Å². The van der Waals surface area contributed by atoms with Crippen molar-refractivity contribution >= 4 is 23.2 Å². The van der Waals surface area contributed by atoms with Gasteiger partial charge in [-0.1, -0.05) is 30.3 Å². The fourth-order valence-corrected chi connectivity index (χ4v) is 4.91. The van der Waals surface area contributed by atoms with E-state index < -0.39 is 4.92 Å². The van der Waals surface area contributed by atoms with Crippen LogP contribution >= 0.6 is 0 Å². The Labute approximate surface area is 193 Å². The summed E-state index contributed by atoms with van der Waals surface area (Å²) >= 11 is 0. The quantitative estimate of drug-likeness (QED) is 0.553. The molecule has 8 heteroatoms. The number of carbonyl (C=O) groups is 2. The molecule has 2 aromatic carbocycles. The topological polar surface area (TPSA) is 95.8 Å². The van der Waals surface area contributed by atoms with Gasteiger partial charge >= 0.3 is 0 Å². The van der Waals surface area contributed by atoms with Crippen LogP contribution in [0.15, 0.2) is 48.5 Å². The van der Waals surface area contributed by atoms with Crippen LogP contribution in [0.4, 0.5) is 11.4 Å². The zero-order valence-corrected chi connectivity index (χ0v) is 18.9. The summed E-state index contributed by atoms with van der Waals surface area (Å²) in [6, 6.07) is 15.2. The number of rotatable bonds is 5. The predicted molar refractivity (Wildman–Crippen MR) is 126 cm³/mol. The lowest BCUT2D eigenvalue weighted by Gasteiger charge is -2.35. The summed E-state index contributed by atoms with van der Waals surface area (Å²) in [4.78, 5) is 39.4. The van der Waals surface area contributed by atoms with Crippen LogP contribution in [0, 0.1) is 10.1 Å². The van der Waals surface area contributed by atoms with Crippen LogP contribution in [0.1, 0.15) is 54.4 Å². The number of nitrogens with one attached hydrogen (secondary N) is 1. The van der Waals surface area contributed by atoms with Gasteiger partial charge < -0.3 is 15.1 Å². The highest BCUT2D eigenvalue weighted by Gasteiger charge is 2.27. The zero-order chi connectivity index (χ0) is 23.4. The zero-order valence-electron chi connectivity index (χ0n) is 18.9. The summed E-state index contributed by atoms with van der Waals surface area (Å²) in [5, 5.41) is 14.8. The summed E-state index contributed by atoms with van der Waals surface area (Å²) in [6.45, 7) is 3.63. The van der Waals surface area contributed by atoms with Gasteiger partial charge in [-0.3, -0.25) is 19.7 Å². The van der Waals surface area contributed by atoms with E-state index in [1.165, 1.54) is 18.6 Å². The van der Waals surface area contributed by atoms with Gasteiger partial charge in [0.2, 0.25) is 5.91 Å². The lowest BCUT2D eigenvalue weighted by Crippen LogP contribution is -2.48. The van der Waals surface area contributed by atoms with Crippen LogP contribution in [0.3, 0.4) is 0 Å². The van der Waals surface area contributed by atoms with E-state index in [0.717, 1.165) is 25.7 Å². The Bertz CT molecular complexity index is 1010. The summed E-state index contributed by atoms with van der Waals surface area (Å²) in [6.07, 6.45) is 3.82. The number of nitro benzene ring substituents is 1. The number of benzene rings is 2. The molecule has 1 heterocycles. The highest BCUT2D eigenvalue weighted by molar-refractivity contribution is 5.96. The molecule has 2 aliphatic rings. The number of carbonyl (C=O) groups excluding carboxylic acids is 2. The Morgan fingerprint density at radius 1 is 0.970 bits per heavy atom. The first-order valence-corrected chi connectivity index (χ1v) is 11.6. The second-order valence-electron chi connectivity index (χ2n) is 8.89. The number of nitro groups is 1. The largest absolute Gasteiger partial charge is 0.362 e. The molecule has 0 unspecified atom stereocenters. The Hall–Kier alpha value is -3.42. The molecular formula is C25H30N4O4. The molecule has 2 amide bonds. The van der Waals surface area contributed by atoms with Crippen molar-refractivity contribution in [3.63, 3.8) is 0 Å². The molecule has 1 saturated heterocycles. The van der Waals surface area contributed by atoms with Crippen molar-refractivity contribution < 1.29 is 14.5 Å². The summed E-state index contributed by atoms with van der Waals surface area (Å²) in [5.41, 5.74) is 2.06. The number of hydrogen-bond acceptors (Lipinski definition) is 5. The number of amides is 2. The molecule has 0 spiro atoms. The van der Waals surface area contributed by atoms with Crippen molar-refractivity contribution in [2.24, 2.45) is 0 Å². The van der Waals surface area contributed by atoms with E-state index in [0.29, 0.717) is 43.3 Å². The number of piperazine rings is 1. The van der Waals surface area contributed by atoms with Gasteiger partial charge in [-0.15, -0.1) is 0 Å². The lowest BCUT2D eigenvalue weighted by atomic mass is 9.82. The SMILES string of the molecule is CC(=O)N1CCN(c2ccc(C(=O)NC3CCC(c4ccccc4)CC3)cc2[N+](=O)[O-])CC1. The lowest BCUT2D eigenvalue weighted by molar-refractivity contribution is -0.384. The molecule has 1 saturated carbocycles. The van der Waals surface area contributed by atoms with Gasteiger partial charge in [-0.2, -0.15) is 0 Å². The van der Waals surface area contributed by atoms with E-state index in [-0.39, 0.29) is 23.5 Å². The Balaban J connectivity index is 1.39. The maximum Gasteiger partial charge on any atom is 0.293 e. The first-order chi connectivity index (χ1) is 15.9. The summed E-state index contributed by atoms with van der Waals surface area (Å²) < 4.78 is 0. The van der Waals surface area contributed by atoms with E-state index in [1.54, 1.807) is 17.0 Å². The molecule has 2 aromatic rings. The van der Waals surface area contributed by atoms with Crippen LogP contribution in [0.2, 0.25) is 0 Å². The molecular weight excluding hydrogens is 420 g/mol. The Morgan fingerprint density at radius 3 is 2.24 bits per heavy atom. The van der Waals surface area contributed by atoms with Gasteiger partial charge in [0, 0.05) is 50.8 Å². The van der Waals surface area contributed by atoms with Crippen molar-refractivity contribution in [1.29, 1.82) is 0 Å². The highest BCUT2D eigenvalue weighted by Crippen LogP contribution is 2.33. The van der Waals surface area contributed by atoms with Crippen LogP contribution in [0.25, 0.3) is 0 Å². The molecule has 174 valence electrons. The van der Waals surface area contributed by atoms with Crippen molar-refractivity contribution in [3.05, 3.63) is 69.8 Å². The van der Waals surface area contributed by atoms with Gasteiger partial charge in [0.15, 0.2) is 0 Å². The molecule has 0 atom stereocenters. The minimum absolute atomic E-state index is 0.00831. The number of anilines is 1. The second kappa shape index (κ2) is 10.0. The third-order valence-corrected chi connectivity index (χ3v) is 6.83. The maximum absolute atomic E-state index is 12.9. The fourth-order valence-electron chi connectivity index (χ4n) is 4.91. The highest BCUT2D eigenvalue weighted by atomic mass is 16.6. The molecule has 1 aliphatic carbocycles. The molecule has 8 nitrogen and oxygen atoms in total. The second-order valence-corrected chi connectivity index (χ2v) is 8.89. The van der Waals surface area contributed by atoms with Crippen molar-refractivity contribution in [2.45, 2.75) is 44.6 Å². The van der Waals surface area contributed by atoms with Crippen molar-refractivity contribution in [2.75, 3.05) is 31.1 Å². The fraction of sp³-hybridized carbons (Fsp3) is 0.440. The van der Waals surface area contributed by atoms with E-state index in [4.69, 9.17) is 0 Å². The van der Waals surface area contributed by atoms with Gasteiger partial charge in [0.25, 0.3) is 11.6 Å². The minimum atomic E-state index is -0.436. The third-order valence-electron chi connectivity index (χ3n) is 6.83. The van der Waals surface area contributed by atoms with E-state index in [9.17, 15) is 19.7 Å². The maximum atomic E-state index is 12.9. The van der Waals surface area contributed by atoms with E-state index >= 15 is 0 Å². The average Bonchev–Trinajstić information content (AvgIpc) is 2.84. The summed E-state index contributed by atoms with van der Waals surface area (Å²) in [5.74, 6) is 0.256. The van der Waals surface area contributed by atoms with E-state index in [1.807, 2.05) is 11.0 Å². The van der Waals surface area contributed by atoms with Crippen LogP contribution in [0.5, 0.6) is 0 Å². The summed E-state index contributed by atoms with van der Waals surface area (Å²) in [7, 11) is 0. The first kappa shape index (κ1) is 22.8. The molecule has 4 rings (SSSR count). The molecule has 33 heavy (non-hydrogen) atoms. The molecule has 1 N–H and O–H groups in total. The number of nitrogens with zero attached hydrogens (tertiary/aromatic N) is 3. The molecule has 2 fully saturated rings. The third kappa shape index (κ3) is 5.32. The predicted octanol–water partition coefficient (Wildman–Crippen LogP) is 3.72. The van der Waals surface area contributed by atoms with Crippen LogP contribution < -0.4 is 10.2 Å². The van der Waals surface area contributed by atoms with Crippen molar-refractivity contribution in [1.82, 2.24) is 10.2 Å². The smallest absolute Gasteiger partial charge is 0.293 e. The van der Waals surface area contributed by atoms with E-state index in [2.05, 4.69) is 29.6 Å². The number of hydrogen-bond donors (Lipinski definition) is 1. The van der Waals surface area contributed by atoms with Gasteiger partial charge in [-0.05, 0) is 49.3 Å². The Kier molecular flexibility index (Phi) is 6.91. The molecule has 0 bridgehead atoms. The van der Waals surface area contributed by atoms with Gasteiger partial charge in [-0.25, -0.2) is 0 Å². The molecule has 0 aromatic heterocycles. The standard InChI is InChI=1S/C25H30N4O4/c1-18(30)27-13-15-28(16-14-27)23-12-9-21(17-24(23)29(32)33)25(31)26-22-10-7-20(8-11-22)19-5-3-2-4-6-19/h2-6,9,12,17,20,22H,7-8,10-11,13-16H2,1H3,(H,26,31). The molecule has 0 radical (unpaired) electrons. The van der Waals surface area contributed by atoms with Gasteiger partial charge in [0.1, 0.15) is 5.69 Å². The first-order valence-electron chi connectivity index (χ1n) is 11.6. The minimum Gasteiger partial charge on any atom is -0.362 e. The monoisotopic (exact) mass is 450 g/mol. The Morgan fingerprint density at radius 2 is 1.64 bits per heavy atom. The molecule has 1 aliphatic heterocycles. The normalized spacial score (nSPS) is 20.9.